The molecule has 1 fully saturated rings. The Morgan fingerprint density at radius 1 is 1.31 bits per heavy atom. The van der Waals surface area contributed by atoms with Gasteiger partial charge in [0.15, 0.2) is 9.84 Å². The second-order valence-electron chi connectivity index (χ2n) is 4.04. The van der Waals surface area contributed by atoms with Crippen molar-refractivity contribution < 1.29 is 13.3 Å². The third-order valence-electron chi connectivity index (χ3n) is 3.01. The molecule has 2 rings (SSSR count). The lowest BCUT2D eigenvalue weighted by Crippen LogP contribution is -2.20. The van der Waals surface area contributed by atoms with Gasteiger partial charge >= 0.3 is 0 Å². The number of sulfone groups is 1. The van der Waals surface area contributed by atoms with Crippen LogP contribution in [0.2, 0.25) is 0 Å². The average molecular weight is 241 g/mol. The van der Waals surface area contributed by atoms with Crippen molar-refractivity contribution >= 4 is 15.5 Å². The third kappa shape index (κ3) is 1.49. The summed E-state index contributed by atoms with van der Waals surface area (Å²) >= 11 is 0. The van der Waals surface area contributed by atoms with E-state index in [0.717, 1.165) is 6.26 Å². The van der Waals surface area contributed by atoms with Crippen LogP contribution in [0.25, 0.3) is 0 Å². The number of benzene rings is 1. The van der Waals surface area contributed by atoms with E-state index in [1.807, 2.05) is 0 Å². The SMILES string of the molecule is CS(=O)(=O)C1(c2ccccc2[N+](=O)[O-])CC1. The predicted octanol–water partition coefficient (Wildman–Crippen LogP) is 1.63. The van der Waals surface area contributed by atoms with Gasteiger partial charge in [0.25, 0.3) is 5.69 Å². The highest BCUT2D eigenvalue weighted by Crippen LogP contribution is 2.54. The number of para-hydroxylation sites is 1. The van der Waals surface area contributed by atoms with Gasteiger partial charge in [-0.05, 0) is 12.8 Å². The molecular formula is C10H11NO4S. The molecule has 0 unspecified atom stereocenters. The molecule has 1 aromatic rings. The molecule has 1 aromatic carbocycles. The zero-order valence-electron chi connectivity index (χ0n) is 8.71. The lowest BCUT2D eigenvalue weighted by Gasteiger charge is -2.13. The standard InChI is InChI=1S/C10H11NO4S/c1-16(14,15)10(6-7-10)8-4-2-3-5-9(8)11(12)13/h2-5H,6-7H2,1H3. The van der Waals surface area contributed by atoms with E-state index in [0.29, 0.717) is 18.4 Å². The molecule has 0 aliphatic heterocycles. The first kappa shape index (κ1) is 11.1. The average Bonchev–Trinajstić information content (AvgIpc) is 2.97. The summed E-state index contributed by atoms with van der Waals surface area (Å²) in [6, 6.07) is 6.06. The fourth-order valence-electron chi connectivity index (χ4n) is 1.97. The lowest BCUT2D eigenvalue weighted by atomic mass is 10.1. The monoisotopic (exact) mass is 241 g/mol. The zero-order chi connectivity index (χ0) is 12.0. The highest BCUT2D eigenvalue weighted by Gasteiger charge is 2.56. The Bertz CT molecular complexity index is 546. The van der Waals surface area contributed by atoms with Crippen molar-refractivity contribution in [1.29, 1.82) is 0 Å². The first-order chi connectivity index (χ1) is 7.38. The van der Waals surface area contributed by atoms with Gasteiger partial charge in [-0.2, -0.15) is 0 Å². The molecule has 0 N–H and O–H groups in total. The van der Waals surface area contributed by atoms with Gasteiger partial charge in [-0.1, -0.05) is 18.2 Å². The number of nitro benzene ring substituents is 1. The van der Waals surface area contributed by atoms with E-state index in [1.165, 1.54) is 12.1 Å². The molecule has 1 aliphatic rings. The van der Waals surface area contributed by atoms with Gasteiger partial charge in [0.2, 0.25) is 0 Å². The predicted molar refractivity (Wildman–Crippen MR) is 58.9 cm³/mol. The maximum Gasteiger partial charge on any atom is 0.274 e. The fraction of sp³-hybridized carbons (Fsp3) is 0.400. The number of nitrogens with zero attached hydrogens (tertiary/aromatic N) is 1. The quantitative estimate of drug-likeness (QED) is 0.595. The van der Waals surface area contributed by atoms with Gasteiger partial charge in [-0.3, -0.25) is 10.1 Å². The van der Waals surface area contributed by atoms with Crippen LogP contribution in [0, 0.1) is 10.1 Å². The maximum atomic E-state index is 11.7. The molecule has 86 valence electrons. The summed E-state index contributed by atoms with van der Waals surface area (Å²) in [6.45, 7) is 0. The van der Waals surface area contributed by atoms with E-state index in [9.17, 15) is 18.5 Å². The van der Waals surface area contributed by atoms with Crippen LogP contribution < -0.4 is 0 Å². The summed E-state index contributed by atoms with van der Waals surface area (Å²) in [5.74, 6) is 0. The molecule has 0 bridgehead atoms. The maximum absolute atomic E-state index is 11.7. The van der Waals surface area contributed by atoms with Crippen LogP contribution in [0.3, 0.4) is 0 Å². The van der Waals surface area contributed by atoms with Crippen LogP contribution in [0.1, 0.15) is 18.4 Å². The summed E-state index contributed by atoms with van der Waals surface area (Å²) in [6.07, 6.45) is 2.07. The summed E-state index contributed by atoms with van der Waals surface area (Å²) in [5.41, 5.74) is 0.216. The van der Waals surface area contributed by atoms with E-state index in [1.54, 1.807) is 12.1 Å². The minimum Gasteiger partial charge on any atom is -0.258 e. The van der Waals surface area contributed by atoms with E-state index in [-0.39, 0.29) is 5.69 Å². The molecule has 0 heterocycles. The van der Waals surface area contributed by atoms with Crippen molar-refractivity contribution in [2.45, 2.75) is 17.6 Å². The smallest absolute Gasteiger partial charge is 0.258 e. The highest BCUT2D eigenvalue weighted by molar-refractivity contribution is 7.92. The minimum absolute atomic E-state index is 0.106. The Labute approximate surface area is 93.2 Å². The Kier molecular flexibility index (Phi) is 2.27. The minimum atomic E-state index is -3.30. The van der Waals surface area contributed by atoms with Gasteiger partial charge in [0.1, 0.15) is 4.75 Å². The van der Waals surface area contributed by atoms with Crippen molar-refractivity contribution in [1.82, 2.24) is 0 Å². The molecule has 0 aromatic heterocycles. The van der Waals surface area contributed by atoms with Gasteiger partial charge in [0.05, 0.1) is 10.5 Å². The molecule has 0 amide bonds. The van der Waals surface area contributed by atoms with Crippen LogP contribution in [-0.2, 0) is 14.6 Å². The van der Waals surface area contributed by atoms with Gasteiger partial charge < -0.3 is 0 Å². The molecule has 5 nitrogen and oxygen atoms in total. The number of hydrogen-bond donors (Lipinski definition) is 0. The van der Waals surface area contributed by atoms with Crippen LogP contribution in [0.4, 0.5) is 5.69 Å². The Hall–Kier alpha value is -1.43. The number of nitro groups is 1. The van der Waals surface area contributed by atoms with Crippen molar-refractivity contribution in [3.8, 4) is 0 Å². The molecule has 16 heavy (non-hydrogen) atoms. The Balaban J connectivity index is 2.62. The Morgan fingerprint density at radius 2 is 1.88 bits per heavy atom. The molecular weight excluding hydrogens is 230 g/mol. The van der Waals surface area contributed by atoms with E-state index in [2.05, 4.69) is 0 Å². The second kappa shape index (κ2) is 3.28. The number of rotatable bonds is 3. The summed E-state index contributed by atoms with van der Waals surface area (Å²) in [5, 5.41) is 10.8. The summed E-state index contributed by atoms with van der Waals surface area (Å²) < 4.78 is 22.3. The van der Waals surface area contributed by atoms with Gasteiger partial charge in [-0.25, -0.2) is 8.42 Å². The molecule has 0 radical (unpaired) electrons. The highest BCUT2D eigenvalue weighted by atomic mass is 32.2. The number of hydrogen-bond acceptors (Lipinski definition) is 4. The van der Waals surface area contributed by atoms with Crippen molar-refractivity contribution in [2.75, 3.05) is 6.26 Å². The molecule has 1 aliphatic carbocycles. The van der Waals surface area contributed by atoms with Crippen molar-refractivity contribution in [3.05, 3.63) is 39.9 Å². The van der Waals surface area contributed by atoms with Crippen molar-refractivity contribution in [2.24, 2.45) is 0 Å². The van der Waals surface area contributed by atoms with Crippen molar-refractivity contribution in [3.63, 3.8) is 0 Å². The van der Waals surface area contributed by atoms with Crippen LogP contribution >= 0.6 is 0 Å². The van der Waals surface area contributed by atoms with Crippen LogP contribution in [-0.4, -0.2) is 19.6 Å². The first-order valence-corrected chi connectivity index (χ1v) is 6.71. The Morgan fingerprint density at radius 3 is 2.31 bits per heavy atom. The summed E-state index contributed by atoms with van der Waals surface area (Å²) in [4.78, 5) is 10.3. The first-order valence-electron chi connectivity index (χ1n) is 4.82. The fourth-order valence-corrected chi connectivity index (χ4v) is 3.39. The normalized spacial score (nSPS) is 18.1. The molecule has 6 heteroatoms. The largest absolute Gasteiger partial charge is 0.274 e. The van der Waals surface area contributed by atoms with E-state index < -0.39 is 19.5 Å². The molecule has 0 saturated heterocycles. The van der Waals surface area contributed by atoms with Crippen LogP contribution in [0.15, 0.2) is 24.3 Å². The second-order valence-corrected chi connectivity index (χ2v) is 6.37. The molecule has 0 atom stereocenters. The van der Waals surface area contributed by atoms with Gasteiger partial charge in [0, 0.05) is 12.3 Å². The van der Waals surface area contributed by atoms with E-state index in [4.69, 9.17) is 0 Å². The van der Waals surface area contributed by atoms with Gasteiger partial charge in [-0.15, -0.1) is 0 Å². The molecule has 0 spiro atoms. The topological polar surface area (TPSA) is 77.3 Å². The van der Waals surface area contributed by atoms with E-state index >= 15 is 0 Å². The third-order valence-corrected chi connectivity index (χ3v) is 5.05. The summed E-state index contributed by atoms with van der Waals surface area (Å²) in [7, 11) is -3.30. The van der Waals surface area contributed by atoms with Crippen LogP contribution in [0.5, 0.6) is 0 Å². The lowest BCUT2D eigenvalue weighted by molar-refractivity contribution is -0.385. The molecule has 1 saturated carbocycles. The zero-order valence-corrected chi connectivity index (χ0v) is 9.53.